The summed E-state index contributed by atoms with van der Waals surface area (Å²) in [4.78, 5) is 72.6. The van der Waals surface area contributed by atoms with Crippen LogP contribution in [0.25, 0.3) is 0 Å². The van der Waals surface area contributed by atoms with Crippen LogP contribution in [0.2, 0.25) is 0 Å². The van der Waals surface area contributed by atoms with E-state index in [0.29, 0.717) is 31.6 Å². The van der Waals surface area contributed by atoms with Crippen LogP contribution in [0.3, 0.4) is 0 Å². The zero-order valence-corrected chi connectivity index (χ0v) is 62.0. The van der Waals surface area contributed by atoms with Gasteiger partial charge in [-0.1, -0.05) is 312 Å². The molecule has 0 aliphatic carbocycles. The number of rotatable bonds is 70. The first-order valence-corrected chi connectivity index (χ1v) is 40.7. The van der Waals surface area contributed by atoms with Crippen LogP contribution in [-0.4, -0.2) is 96.7 Å². The first kappa shape index (κ1) is 90.1. The fraction of sp³-hybridized carbons (Fsp3) is 0.945. The summed E-state index contributed by atoms with van der Waals surface area (Å²) in [5.41, 5.74) is 0. The third-order valence-electron chi connectivity index (χ3n) is 17.2. The number of esters is 4. The van der Waals surface area contributed by atoms with Gasteiger partial charge in [-0.25, -0.2) is 9.13 Å². The molecule has 92 heavy (non-hydrogen) atoms. The summed E-state index contributed by atoms with van der Waals surface area (Å²) in [5, 5.41) is 10.6. The van der Waals surface area contributed by atoms with E-state index >= 15 is 0 Å². The molecule has 0 fully saturated rings. The van der Waals surface area contributed by atoms with Crippen LogP contribution in [0.5, 0.6) is 0 Å². The summed E-state index contributed by atoms with van der Waals surface area (Å²) in [6, 6.07) is 0. The van der Waals surface area contributed by atoms with Crippen molar-refractivity contribution in [2.45, 2.75) is 382 Å². The van der Waals surface area contributed by atoms with E-state index in [9.17, 15) is 43.2 Å². The number of hydrogen-bond donors (Lipinski definition) is 3. The molecular formula is C73H142O17P2. The van der Waals surface area contributed by atoms with Gasteiger partial charge in [0.05, 0.1) is 26.4 Å². The van der Waals surface area contributed by atoms with E-state index in [-0.39, 0.29) is 25.7 Å². The number of phosphoric ester groups is 2. The van der Waals surface area contributed by atoms with Crippen molar-refractivity contribution >= 4 is 39.5 Å². The number of ether oxygens (including phenoxy) is 4. The maximum absolute atomic E-state index is 13.0. The van der Waals surface area contributed by atoms with Gasteiger partial charge in [-0.3, -0.25) is 37.3 Å². The zero-order chi connectivity index (χ0) is 68.2. The molecular weight excluding hydrogens is 1210 g/mol. The Labute approximate surface area is 562 Å². The van der Waals surface area contributed by atoms with Gasteiger partial charge in [0.25, 0.3) is 0 Å². The van der Waals surface area contributed by atoms with Gasteiger partial charge in [-0.2, -0.15) is 0 Å². The predicted octanol–water partition coefficient (Wildman–Crippen LogP) is 20.9. The Morgan fingerprint density at radius 1 is 0.304 bits per heavy atom. The van der Waals surface area contributed by atoms with Crippen molar-refractivity contribution in [3.8, 4) is 0 Å². The highest BCUT2D eigenvalue weighted by Gasteiger charge is 2.30. The molecule has 0 bridgehead atoms. The number of carbonyl (C=O) groups is 4. The second-order valence-electron chi connectivity index (χ2n) is 28.0. The first-order valence-electron chi connectivity index (χ1n) is 37.7. The first-order chi connectivity index (χ1) is 44.1. The molecule has 0 saturated heterocycles. The van der Waals surface area contributed by atoms with Crippen molar-refractivity contribution in [1.82, 2.24) is 0 Å². The molecule has 19 heteroatoms. The lowest BCUT2D eigenvalue weighted by Gasteiger charge is -2.21. The highest BCUT2D eigenvalue weighted by atomic mass is 31.2. The molecule has 17 nitrogen and oxygen atoms in total. The fourth-order valence-corrected chi connectivity index (χ4v) is 12.6. The minimum atomic E-state index is -4.95. The van der Waals surface area contributed by atoms with Crippen LogP contribution < -0.4 is 0 Å². The van der Waals surface area contributed by atoms with E-state index in [2.05, 4.69) is 55.4 Å². The van der Waals surface area contributed by atoms with Crippen LogP contribution >= 0.6 is 15.6 Å². The van der Waals surface area contributed by atoms with Gasteiger partial charge in [0.2, 0.25) is 0 Å². The smallest absolute Gasteiger partial charge is 0.462 e. The van der Waals surface area contributed by atoms with Crippen molar-refractivity contribution < 1.29 is 80.2 Å². The molecule has 0 aromatic heterocycles. The predicted molar refractivity (Wildman–Crippen MR) is 372 cm³/mol. The van der Waals surface area contributed by atoms with Crippen molar-refractivity contribution in [1.29, 1.82) is 0 Å². The Morgan fingerprint density at radius 2 is 0.522 bits per heavy atom. The quantitative estimate of drug-likeness (QED) is 0.0222. The molecule has 0 aliphatic heterocycles. The Morgan fingerprint density at radius 3 is 0.772 bits per heavy atom. The Kier molecular flexibility index (Phi) is 61.3. The van der Waals surface area contributed by atoms with E-state index in [1.165, 1.54) is 161 Å². The maximum Gasteiger partial charge on any atom is 0.472 e. The van der Waals surface area contributed by atoms with Gasteiger partial charge in [0, 0.05) is 25.7 Å². The zero-order valence-electron chi connectivity index (χ0n) is 60.2. The highest BCUT2D eigenvalue weighted by Crippen LogP contribution is 2.45. The largest absolute Gasteiger partial charge is 0.472 e. The monoisotopic (exact) mass is 1350 g/mol. The Hall–Kier alpha value is -1.94. The standard InChI is InChI=1S/C73H142O17P2/c1-9-66(8)52-44-36-30-32-40-48-56-73(78)90-69(59-83-70(75)53-45-37-27-23-19-16-15-18-22-26-34-42-50-64(4)5)62-88-92(81,82)86-58-67(74)57-85-91(79,80)87-61-68(60-84-71(76)54-46-38-31-29-35-43-51-65(6)7)89-72(77)55-47-39-28-24-20-14-12-10-11-13-17-21-25-33-41-49-63(2)3/h63-69,74H,9-62H2,1-8H3,(H,79,80)(H,81,82)/t66?,67?,68-,69-/m1/s1. The number of aliphatic hydroxyl groups is 1. The number of phosphoric acid groups is 2. The molecule has 0 amide bonds. The van der Waals surface area contributed by atoms with Crippen molar-refractivity contribution in [2.24, 2.45) is 23.7 Å². The minimum Gasteiger partial charge on any atom is -0.462 e. The molecule has 0 aromatic rings. The highest BCUT2D eigenvalue weighted by molar-refractivity contribution is 7.47. The summed E-state index contributed by atoms with van der Waals surface area (Å²) in [6.07, 6.45) is 46.0. The number of hydrogen-bond acceptors (Lipinski definition) is 15. The summed E-state index contributed by atoms with van der Waals surface area (Å²) >= 11 is 0. The van der Waals surface area contributed by atoms with Gasteiger partial charge >= 0.3 is 39.5 Å². The van der Waals surface area contributed by atoms with Crippen LogP contribution in [0.1, 0.15) is 364 Å². The molecule has 0 rings (SSSR count). The molecule has 0 spiro atoms. The summed E-state index contributed by atoms with van der Waals surface area (Å²) in [6.45, 7) is 14.1. The molecule has 6 atom stereocenters. The van der Waals surface area contributed by atoms with Crippen molar-refractivity contribution in [3.05, 3.63) is 0 Å². The second-order valence-corrected chi connectivity index (χ2v) is 30.9. The third-order valence-corrected chi connectivity index (χ3v) is 19.1. The van der Waals surface area contributed by atoms with Gasteiger partial charge in [0.15, 0.2) is 12.2 Å². The van der Waals surface area contributed by atoms with Crippen molar-refractivity contribution in [2.75, 3.05) is 39.6 Å². The molecule has 0 radical (unpaired) electrons. The van der Waals surface area contributed by atoms with Crippen LogP contribution in [0.4, 0.5) is 0 Å². The van der Waals surface area contributed by atoms with Crippen LogP contribution in [-0.2, 0) is 65.4 Å². The van der Waals surface area contributed by atoms with Gasteiger partial charge in [-0.15, -0.1) is 0 Å². The van der Waals surface area contributed by atoms with Gasteiger partial charge < -0.3 is 33.8 Å². The molecule has 546 valence electrons. The summed E-state index contributed by atoms with van der Waals surface area (Å²) in [7, 11) is -9.91. The maximum atomic E-state index is 13.0. The van der Waals surface area contributed by atoms with E-state index < -0.39 is 97.5 Å². The molecule has 0 heterocycles. The normalized spacial score (nSPS) is 14.5. The van der Waals surface area contributed by atoms with Gasteiger partial charge in [0.1, 0.15) is 19.3 Å². The molecule has 4 unspecified atom stereocenters. The SMILES string of the molecule is CCC(C)CCCCCCCCC(=O)O[C@H](COC(=O)CCCCCCCCCCCCCCC(C)C)COP(=O)(O)OCC(O)COP(=O)(O)OC[C@@H](COC(=O)CCCCCCCCC(C)C)OC(=O)CCCCCCCCCCCCCCCCCC(C)C. The topological polar surface area (TPSA) is 237 Å². The van der Waals surface area contributed by atoms with Gasteiger partial charge in [-0.05, 0) is 49.4 Å². The number of aliphatic hydroxyl groups excluding tert-OH is 1. The lowest BCUT2D eigenvalue weighted by Crippen LogP contribution is -2.30. The van der Waals surface area contributed by atoms with E-state index in [1.807, 2.05) is 0 Å². The molecule has 0 aromatic carbocycles. The average Bonchev–Trinajstić information content (AvgIpc) is 1.61. The van der Waals surface area contributed by atoms with Crippen molar-refractivity contribution in [3.63, 3.8) is 0 Å². The molecule has 0 aliphatic rings. The van der Waals surface area contributed by atoms with Crippen LogP contribution in [0.15, 0.2) is 0 Å². The third kappa shape index (κ3) is 65.4. The molecule has 0 saturated carbocycles. The Balaban J connectivity index is 5.19. The lowest BCUT2D eigenvalue weighted by molar-refractivity contribution is -0.161. The summed E-state index contributed by atoms with van der Waals surface area (Å²) < 4.78 is 68.3. The van der Waals surface area contributed by atoms with Crippen LogP contribution in [0, 0.1) is 23.7 Å². The number of carbonyl (C=O) groups excluding carboxylic acids is 4. The van der Waals surface area contributed by atoms with E-state index in [4.69, 9.17) is 37.0 Å². The fourth-order valence-electron chi connectivity index (χ4n) is 11.0. The minimum absolute atomic E-state index is 0.103. The molecule has 3 N–H and O–H groups in total. The summed E-state index contributed by atoms with van der Waals surface area (Å²) in [5.74, 6) is 0.854. The number of unbranched alkanes of at least 4 members (excludes halogenated alkanes) is 35. The average molecular weight is 1350 g/mol. The Bertz CT molecular complexity index is 1820. The van der Waals surface area contributed by atoms with E-state index in [1.54, 1.807) is 0 Å². The van der Waals surface area contributed by atoms with E-state index in [0.717, 1.165) is 114 Å². The lowest BCUT2D eigenvalue weighted by atomic mass is 10.00. The second kappa shape index (κ2) is 62.6.